The second kappa shape index (κ2) is 17.7. The van der Waals surface area contributed by atoms with Crippen LogP contribution in [0.3, 0.4) is 0 Å². The number of hydrogen-bond donors (Lipinski definition) is 4. The average molecular weight is 770 g/mol. The normalized spacial score (nSPS) is 22.4. The van der Waals surface area contributed by atoms with Gasteiger partial charge in [-0.1, -0.05) is 36.4 Å². The lowest BCUT2D eigenvalue weighted by molar-refractivity contribution is -0.936. The van der Waals surface area contributed by atoms with Gasteiger partial charge in [0.05, 0.1) is 19.6 Å². The summed E-state index contributed by atoms with van der Waals surface area (Å²) >= 11 is 0. The Bertz CT molecular complexity index is 1770. The Morgan fingerprint density at radius 1 is 0.944 bits per heavy atom. The number of alkyl halides is 6. The van der Waals surface area contributed by atoms with Gasteiger partial charge in [-0.05, 0) is 53.9 Å². The number of quaternary nitrogens is 1. The average Bonchev–Trinajstić information content (AvgIpc) is 3.68. The molecule has 2 bridgehead atoms. The van der Waals surface area contributed by atoms with Crippen molar-refractivity contribution in [3.63, 3.8) is 0 Å². The second-order valence-electron chi connectivity index (χ2n) is 13.9. The molecule has 3 aromatic rings. The zero-order chi connectivity index (χ0) is 39.8. The SMILES string of the molecule is C[C@H]1CN(Cc2cccc(-c3cc(CNC(=O)c4cccc(C[N+]5(C)C[C@@H]6C[C@H]5CN6)c4)ccc3F)c2)CCN1.O=C(O)C(F)(F)F.O=C([O-])C(F)(F)F. The monoisotopic (exact) mass is 769 g/mol. The van der Waals surface area contributed by atoms with Crippen LogP contribution in [0.15, 0.2) is 66.7 Å². The molecule has 6 rings (SSSR count). The molecule has 0 radical (unpaired) electrons. The van der Waals surface area contributed by atoms with Gasteiger partial charge in [-0.2, -0.15) is 26.3 Å². The maximum atomic E-state index is 14.9. The summed E-state index contributed by atoms with van der Waals surface area (Å²) in [5, 5.41) is 26.0. The summed E-state index contributed by atoms with van der Waals surface area (Å²) in [6.45, 7) is 9.58. The number of halogens is 7. The number of carbonyl (C=O) groups is 3. The highest BCUT2D eigenvalue weighted by Gasteiger charge is 2.48. The number of piperazine rings is 2. The number of nitrogens with zero attached hydrogens (tertiary/aromatic N) is 2. The highest BCUT2D eigenvalue weighted by molar-refractivity contribution is 5.94. The predicted octanol–water partition coefficient (Wildman–Crippen LogP) is 3.84. The molecule has 4 N–H and O–H groups in total. The molecule has 17 heteroatoms. The van der Waals surface area contributed by atoms with Crippen LogP contribution in [0, 0.1) is 5.82 Å². The van der Waals surface area contributed by atoms with Gasteiger partial charge in [0.2, 0.25) is 0 Å². The largest absolute Gasteiger partial charge is 0.542 e. The Balaban J connectivity index is 0.000000396. The number of likely N-dealkylation sites (tertiary alicyclic amines) is 1. The van der Waals surface area contributed by atoms with E-state index < -0.39 is 24.3 Å². The van der Waals surface area contributed by atoms with Gasteiger partial charge in [0.1, 0.15) is 24.4 Å². The van der Waals surface area contributed by atoms with Gasteiger partial charge < -0.3 is 35.4 Å². The zero-order valence-corrected chi connectivity index (χ0v) is 29.6. The van der Waals surface area contributed by atoms with Crippen LogP contribution in [-0.2, 0) is 29.2 Å². The number of carbonyl (C=O) groups excluding carboxylic acids is 2. The highest BCUT2D eigenvalue weighted by Crippen LogP contribution is 2.32. The molecule has 10 nitrogen and oxygen atoms in total. The van der Waals surface area contributed by atoms with Gasteiger partial charge in [-0.15, -0.1) is 0 Å². The molecule has 3 fully saturated rings. The smallest absolute Gasteiger partial charge is 0.490 e. The lowest BCUT2D eigenvalue weighted by Gasteiger charge is -2.38. The quantitative estimate of drug-likeness (QED) is 0.201. The molecule has 1 amide bonds. The minimum absolute atomic E-state index is 0.104. The molecule has 0 aliphatic carbocycles. The fourth-order valence-electron chi connectivity index (χ4n) is 6.93. The van der Waals surface area contributed by atoms with E-state index in [1.807, 2.05) is 36.4 Å². The van der Waals surface area contributed by atoms with Crippen molar-refractivity contribution < 1.29 is 59.8 Å². The Hall–Kier alpha value is -4.58. The molecule has 3 aliphatic heterocycles. The van der Waals surface area contributed by atoms with E-state index in [0.717, 1.165) is 61.4 Å². The third-order valence-corrected chi connectivity index (χ3v) is 9.51. The van der Waals surface area contributed by atoms with Crippen LogP contribution in [-0.4, -0.2) is 103 Å². The molecule has 1 unspecified atom stereocenters. The fraction of sp³-hybridized carbons (Fsp3) is 0.432. The summed E-state index contributed by atoms with van der Waals surface area (Å²) in [5.74, 6) is -6.12. The Kier molecular flexibility index (Phi) is 13.8. The number of carboxylic acids is 2. The van der Waals surface area contributed by atoms with Crippen molar-refractivity contribution in [3.05, 3.63) is 94.8 Å². The van der Waals surface area contributed by atoms with E-state index in [2.05, 4.69) is 53.0 Å². The van der Waals surface area contributed by atoms with E-state index in [-0.39, 0.29) is 11.7 Å². The van der Waals surface area contributed by atoms with Gasteiger partial charge in [0.25, 0.3) is 5.91 Å². The first kappa shape index (κ1) is 42.2. The zero-order valence-electron chi connectivity index (χ0n) is 29.6. The minimum Gasteiger partial charge on any atom is -0.542 e. The van der Waals surface area contributed by atoms with E-state index in [1.165, 1.54) is 23.6 Å². The maximum Gasteiger partial charge on any atom is 0.490 e. The molecule has 0 aromatic heterocycles. The Labute approximate surface area is 307 Å². The van der Waals surface area contributed by atoms with Crippen molar-refractivity contribution >= 4 is 17.8 Å². The van der Waals surface area contributed by atoms with Gasteiger partial charge in [-0.3, -0.25) is 9.69 Å². The summed E-state index contributed by atoms with van der Waals surface area (Å²) in [5.41, 5.74) is 5.35. The summed E-state index contributed by atoms with van der Waals surface area (Å²) < 4.78 is 79.3. The molecule has 3 aliphatic rings. The van der Waals surface area contributed by atoms with Crippen LogP contribution < -0.4 is 21.1 Å². The molecular formula is C37H42F7N5O5. The Morgan fingerprint density at radius 3 is 2.20 bits per heavy atom. The molecule has 294 valence electrons. The van der Waals surface area contributed by atoms with Crippen LogP contribution in [0.2, 0.25) is 0 Å². The molecular weight excluding hydrogens is 727 g/mol. The number of likely N-dealkylation sites (N-methyl/N-ethyl adjacent to an activating group) is 1. The van der Waals surface area contributed by atoms with Crippen LogP contribution in [0.4, 0.5) is 30.7 Å². The number of amides is 1. The van der Waals surface area contributed by atoms with E-state index in [4.69, 9.17) is 19.8 Å². The lowest BCUT2D eigenvalue weighted by atomic mass is 10.00. The molecule has 0 saturated carbocycles. The van der Waals surface area contributed by atoms with Crippen molar-refractivity contribution in [3.8, 4) is 11.1 Å². The number of rotatable bonds is 8. The predicted molar refractivity (Wildman–Crippen MR) is 182 cm³/mol. The van der Waals surface area contributed by atoms with Gasteiger partial charge >= 0.3 is 18.3 Å². The first-order valence-electron chi connectivity index (χ1n) is 17.1. The third-order valence-electron chi connectivity index (χ3n) is 9.51. The number of benzene rings is 3. The lowest BCUT2D eigenvalue weighted by Crippen LogP contribution is -2.55. The summed E-state index contributed by atoms with van der Waals surface area (Å²) in [4.78, 5) is 33.2. The standard InChI is InChI=1S/C33H40FN5O.2C2HF3O2/c1-23-19-38(12-11-35-23)20-25-5-3-7-27(13-25)31-15-24(9-10-32(31)34)17-37-33(40)28-8-4-6-26(14-28)21-39(2)22-29-16-30(39)18-36-29;2*3-2(4,5)1(6)7/h3-10,13-15,23,29-30,35-36H,11-12,16-22H2,1-2H3;2*(H,6,7)/t23-,29-,30-,39?;;/m0../s1. The van der Waals surface area contributed by atoms with Crippen molar-refractivity contribution in [2.45, 2.75) is 63.5 Å². The van der Waals surface area contributed by atoms with E-state index in [0.29, 0.717) is 35.8 Å². The number of hydrogen-bond acceptors (Lipinski definition) is 7. The van der Waals surface area contributed by atoms with Crippen LogP contribution >= 0.6 is 0 Å². The minimum atomic E-state index is -5.19. The topological polar surface area (TPSA) is 134 Å². The van der Waals surface area contributed by atoms with Gasteiger partial charge in [0.15, 0.2) is 0 Å². The van der Waals surface area contributed by atoms with Crippen molar-refractivity contribution in [1.82, 2.24) is 20.9 Å². The highest BCUT2D eigenvalue weighted by atomic mass is 19.4. The number of carboxylic acid groups (broad SMARTS) is 2. The first-order valence-corrected chi connectivity index (χ1v) is 17.1. The van der Waals surface area contributed by atoms with Gasteiger partial charge in [-0.25, -0.2) is 9.18 Å². The van der Waals surface area contributed by atoms with E-state index in [1.54, 1.807) is 6.07 Å². The number of nitrogens with one attached hydrogen (secondary N) is 3. The summed E-state index contributed by atoms with van der Waals surface area (Å²) in [6, 6.07) is 23.0. The van der Waals surface area contributed by atoms with E-state index >= 15 is 0 Å². The number of aliphatic carboxylic acids is 2. The maximum absolute atomic E-state index is 14.9. The molecule has 3 aromatic carbocycles. The third kappa shape index (κ3) is 12.0. The molecule has 3 saturated heterocycles. The molecule has 54 heavy (non-hydrogen) atoms. The molecule has 4 atom stereocenters. The van der Waals surface area contributed by atoms with Crippen LogP contribution in [0.1, 0.15) is 40.4 Å². The van der Waals surface area contributed by atoms with Crippen LogP contribution in [0.5, 0.6) is 0 Å². The summed E-state index contributed by atoms with van der Waals surface area (Å²) in [6.07, 6.45) is -9.03. The first-order chi connectivity index (χ1) is 25.2. The van der Waals surface area contributed by atoms with Crippen molar-refractivity contribution in [1.29, 1.82) is 0 Å². The number of fused-ring (bicyclic) bond motifs is 2. The molecule has 3 heterocycles. The van der Waals surface area contributed by atoms with Crippen molar-refractivity contribution in [2.24, 2.45) is 0 Å². The fourth-order valence-corrected chi connectivity index (χ4v) is 6.93. The Morgan fingerprint density at radius 2 is 1.61 bits per heavy atom. The molecule has 0 spiro atoms. The van der Waals surface area contributed by atoms with E-state index in [9.17, 15) is 35.5 Å². The van der Waals surface area contributed by atoms with Gasteiger partial charge in [0, 0.05) is 68.4 Å². The second-order valence-corrected chi connectivity index (χ2v) is 13.9. The van der Waals surface area contributed by atoms with Crippen LogP contribution in [0.25, 0.3) is 11.1 Å². The van der Waals surface area contributed by atoms with Crippen molar-refractivity contribution in [2.75, 3.05) is 39.8 Å². The summed E-state index contributed by atoms with van der Waals surface area (Å²) in [7, 11) is 2.34.